The third-order valence-corrected chi connectivity index (χ3v) is 2.23. The minimum atomic E-state index is 0.425. The second-order valence-electron chi connectivity index (χ2n) is 3.12. The Kier molecular flexibility index (Phi) is 1.79. The largest absolute Gasteiger partial charge is 0.333 e. The Morgan fingerprint density at radius 2 is 2.15 bits per heavy atom. The topological polar surface area (TPSA) is 28.7 Å². The van der Waals surface area contributed by atoms with E-state index < -0.39 is 0 Å². The van der Waals surface area contributed by atoms with E-state index in [1.807, 2.05) is 29.0 Å². The maximum absolute atomic E-state index is 8.62. The monoisotopic (exact) mass is 170 g/mol. The van der Waals surface area contributed by atoms with Gasteiger partial charge in [-0.3, -0.25) is 0 Å². The number of nitriles is 1. The predicted octanol–water partition coefficient (Wildman–Crippen LogP) is 2.47. The molecule has 2 aromatic rings. The molecule has 0 saturated heterocycles. The SMILES string of the molecule is Cc1cn(CC#N)c2ccccc12. The molecule has 0 bridgehead atoms. The number of aryl methyl sites for hydroxylation is 1. The van der Waals surface area contributed by atoms with E-state index in [-0.39, 0.29) is 0 Å². The predicted molar refractivity (Wildman–Crippen MR) is 52.3 cm³/mol. The van der Waals surface area contributed by atoms with Gasteiger partial charge in [-0.2, -0.15) is 5.26 Å². The molecular weight excluding hydrogens is 160 g/mol. The van der Waals surface area contributed by atoms with E-state index in [0.717, 1.165) is 5.52 Å². The van der Waals surface area contributed by atoms with Crippen LogP contribution in [0.25, 0.3) is 10.9 Å². The molecule has 0 saturated carbocycles. The van der Waals surface area contributed by atoms with E-state index in [0.29, 0.717) is 6.54 Å². The number of rotatable bonds is 1. The summed E-state index contributed by atoms with van der Waals surface area (Å²) in [4.78, 5) is 0. The first-order chi connectivity index (χ1) is 6.33. The highest BCUT2D eigenvalue weighted by molar-refractivity contribution is 5.83. The second kappa shape index (κ2) is 2.95. The Labute approximate surface area is 77.0 Å². The van der Waals surface area contributed by atoms with Crippen LogP contribution in [-0.2, 0) is 6.54 Å². The summed E-state index contributed by atoms with van der Waals surface area (Å²) in [6, 6.07) is 10.3. The molecule has 2 rings (SSSR count). The fraction of sp³-hybridized carbons (Fsp3) is 0.182. The van der Waals surface area contributed by atoms with Gasteiger partial charge in [-0.15, -0.1) is 0 Å². The van der Waals surface area contributed by atoms with Gasteiger partial charge in [0.2, 0.25) is 0 Å². The zero-order valence-electron chi connectivity index (χ0n) is 7.49. The zero-order chi connectivity index (χ0) is 9.26. The van der Waals surface area contributed by atoms with Gasteiger partial charge >= 0.3 is 0 Å². The molecule has 0 unspecified atom stereocenters. The van der Waals surface area contributed by atoms with E-state index >= 15 is 0 Å². The first-order valence-corrected chi connectivity index (χ1v) is 4.24. The molecule has 1 heterocycles. The van der Waals surface area contributed by atoms with Crippen LogP contribution in [0, 0.1) is 18.3 Å². The molecule has 0 radical (unpaired) electrons. The minimum absolute atomic E-state index is 0.425. The standard InChI is InChI=1S/C11H10N2/c1-9-8-13(7-6-12)11-5-3-2-4-10(9)11/h2-5,8H,7H2,1H3. The number of fused-ring (bicyclic) bond motifs is 1. The number of benzene rings is 1. The molecule has 1 aromatic heterocycles. The molecule has 0 aliphatic heterocycles. The average molecular weight is 170 g/mol. The highest BCUT2D eigenvalue weighted by Gasteiger charge is 2.02. The van der Waals surface area contributed by atoms with Crippen molar-refractivity contribution in [2.75, 3.05) is 0 Å². The van der Waals surface area contributed by atoms with Gasteiger partial charge in [-0.25, -0.2) is 0 Å². The lowest BCUT2D eigenvalue weighted by Crippen LogP contribution is -1.91. The van der Waals surface area contributed by atoms with Gasteiger partial charge in [0, 0.05) is 17.1 Å². The molecule has 1 aromatic carbocycles. The molecule has 0 spiro atoms. The summed E-state index contributed by atoms with van der Waals surface area (Å²) in [5.74, 6) is 0. The van der Waals surface area contributed by atoms with Crippen molar-refractivity contribution >= 4 is 10.9 Å². The fourth-order valence-corrected chi connectivity index (χ4v) is 1.64. The summed E-state index contributed by atoms with van der Waals surface area (Å²) in [6.07, 6.45) is 2.02. The summed E-state index contributed by atoms with van der Waals surface area (Å²) in [6.45, 7) is 2.49. The van der Waals surface area contributed by atoms with Crippen LogP contribution < -0.4 is 0 Å². The van der Waals surface area contributed by atoms with Crippen molar-refractivity contribution < 1.29 is 0 Å². The van der Waals surface area contributed by atoms with Gasteiger partial charge in [0.1, 0.15) is 6.54 Å². The highest BCUT2D eigenvalue weighted by atomic mass is 14.9. The molecule has 0 fully saturated rings. The van der Waals surface area contributed by atoms with Crippen molar-refractivity contribution in [2.45, 2.75) is 13.5 Å². The smallest absolute Gasteiger partial charge is 0.110 e. The zero-order valence-corrected chi connectivity index (χ0v) is 7.49. The second-order valence-corrected chi connectivity index (χ2v) is 3.12. The van der Waals surface area contributed by atoms with Crippen LogP contribution in [0.5, 0.6) is 0 Å². The summed E-state index contributed by atoms with van der Waals surface area (Å²) in [7, 11) is 0. The molecular formula is C11H10N2. The van der Waals surface area contributed by atoms with Crippen LogP contribution in [0.15, 0.2) is 30.5 Å². The van der Waals surface area contributed by atoms with Crippen LogP contribution >= 0.6 is 0 Å². The summed E-state index contributed by atoms with van der Waals surface area (Å²) in [5, 5.41) is 9.85. The quantitative estimate of drug-likeness (QED) is 0.646. The average Bonchev–Trinajstić information content (AvgIpc) is 2.46. The van der Waals surface area contributed by atoms with E-state index in [2.05, 4.69) is 19.1 Å². The van der Waals surface area contributed by atoms with Crippen LogP contribution in [-0.4, -0.2) is 4.57 Å². The third kappa shape index (κ3) is 1.19. The summed E-state index contributed by atoms with van der Waals surface area (Å²) >= 11 is 0. The van der Waals surface area contributed by atoms with Crippen molar-refractivity contribution in [1.29, 1.82) is 5.26 Å². The molecule has 2 nitrogen and oxygen atoms in total. The number of hydrogen-bond acceptors (Lipinski definition) is 1. The molecule has 2 heteroatoms. The minimum Gasteiger partial charge on any atom is -0.333 e. The van der Waals surface area contributed by atoms with Crippen LogP contribution in [0.1, 0.15) is 5.56 Å². The number of hydrogen-bond donors (Lipinski definition) is 0. The van der Waals surface area contributed by atoms with E-state index in [9.17, 15) is 0 Å². The molecule has 0 N–H and O–H groups in total. The molecule has 0 aliphatic rings. The molecule has 64 valence electrons. The Balaban J connectivity index is 2.72. The maximum atomic E-state index is 8.62. The van der Waals surface area contributed by atoms with Crippen molar-refractivity contribution in [3.8, 4) is 6.07 Å². The normalized spacial score (nSPS) is 10.2. The van der Waals surface area contributed by atoms with Crippen molar-refractivity contribution in [1.82, 2.24) is 4.57 Å². The van der Waals surface area contributed by atoms with Gasteiger partial charge in [0.15, 0.2) is 0 Å². The number of aromatic nitrogens is 1. The van der Waals surface area contributed by atoms with Gasteiger partial charge < -0.3 is 4.57 Å². The van der Waals surface area contributed by atoms with Crippen LogP contribution in [0.3, 0.4) is 0 Å². The summed E-state index contributed by atoms with van der Waals surface area (Å²) in [5.41, 5.74) is 2.37. The van der Waals surface area contributed by atoms with E-state index in [1.165, 1.54) is 10.9 Å². The van der Waals surface area contributed by atoms with E-state index in [1.54, 1.807) is 0 Å². The Hall–Kier alpha value is -1.75. The first-order valence-electron chi connectivity index (χ1n) is 4.24. The summed E-state index contributed by atoms with van der Waals surface area (Å²) < 4.78 is 1.98. The molecule has 0 atom stereocenters. The number of nitrogens with zero attached hydrogens (tertiary/aromatic N) is 2. The Morgan fingerprint density at radius 3 is 2.92 bits per heavy atom. The fourth-order valence-electron chi connectivity index (χ4n) is 1.64. The van der Waals surface area contributed by atoms with E-state index in [4.69, 9.17) is 5.26 Å². The molecule has 0 amide bonds. The van der Waals surface area contributed by atoms with Gasteiger partial charge in [0.25, 0.3) is 0 Å². The van der Waals surface area contributed by atoms with Gasteiger partial charge in [-0.05, 0) is 18.6 Å². The van der Waals surface area contributed by atoms with Crippen molar-refractivity contribution in [3.63, 3.8) is 0 Å². The lowest BCUT2D eigenvalue weighted by molar-refractivity contribution is 0.871. The first kappa shape index (κ1) is 7.88. The maximum Gasteiger partial charge on any atom is 0.110 e. The van der Waals surface area contributed by atoms with Crippen molar-refractivity contribution in [3.05, 3.63) is 36.0 Å². The Morgan fingerprint density at radius 1 is 1.38 bits per heavy atom. The Bertz CT molecular complexity index is 474. The lowest BCUT2D eigenvalue weighted by atomic mass is 10.2. The molecule has 13 heavy (non-hydrogen) atoms. The lowest BCUT2D eigenvalue weighted by Gasteiger charge is -1.96. The highest BCUT2D eigenvalue weighted by Crippen LogP contribution is 2.19. The van der Waals surface area contributed by atoms with Crippen molar-refractivity contribution in [2.24, 2.45) is 0 Å². The van der Waals surface area contributed by atoms with Crippen LogP contribution in [0.4, 0.5) is 0 Å². The third-order valence-electron chi connectivity index (χ3n) is 2.23. The van der Waals surface area contributed by atoms with Gasteiger partial charge in [-0.1, -0.05) is 18.2 Å². The van der Waals surface area contributed by atoms with Crippen LogP contribution in [0.2, 0.25) is 0 Å². The van der Waals surface area contributed by atoms with Gasteiger partial charge in [0.05, 0.1) is 6.07 Å². The molecule has 0 aliphatic carbocycles. The number of para-hydroxylation sites is 1.